The fourth-order valence-electron chi connectivity index (χ4n) is 2.64. The van der Waals surface area contributed by atoms with E-state index in [0.29, 0.717) is 18.2 Å². The maximum Gasteiger partial charge on any atom is 0.238 e. The summed E-state index contributed by atoms with van der Waals surface area (Å²) in [6, 6.07) is 0.1000. The fourth-order valence-corrected chi connectivity index (χ4v) is 3.76. The van der Waals surface area contributed by atoms with Gasteiger partial charge in [-0.2, -0.15) is 4.98 Å². The van der Waals surface area contributed by atoms with Crippen molar-refractivity contribution < 1.29 is 17.7 Å². The Morgan fingerprint density at radius 2 is 1.96 bits per heavy atom. The normalized spacial score (nSPS) is 17.6. The van der Waals surface area contributed by atoms with E-state index in [1.165, 1.54) is 6.92 Å². The second-order valence-corrected chi connectivity index (χ2v) is 8.96. The zero-order valence-corrected chi connectivity index (χ0v) is 14.7. The Kier molecular flexibility index (Phi) is 5.78. The fraction of sp³-hybridized carbons (Fsp3) is 0.800. The third-order valence-corrected chi connectivity index (χ3v) is 5.98. The highest BCUT2D eigenvalue weighted by atomic mass is 32.2. The van der Waals surface area contributed by atoms with E-state index in [0.717, 1.165) is 25.7 Å². The van der Waals surface area contributed by atoms with Crippen molar-refractivity contribution >= 4 is 15.7 Å². The molecule has 1 fully saturated rings. The Bertz CT molecular complexity index is 633. The van der Waals surface area contributed by atoms with Gasteiger partial charge in [-0.3, -0.25) is 4.79 Å². The number of nitrogens with one attached hydrogen (secondary N) is 1. The molecule has 1 saturated carbocycles. The average Bonchev–Trinajstić information content (AvgIpc) is 3.09. The molecule has 2 rings (SSSR count). The molecule has 0 bridgehead atoms. The van der Waals surface area contributed by atoms with E-state index in [1.807, 2.05) is 13.8 Å². The predicted octanol–water partition coefficient (Wildman–Crippen LogP) is 1.63. The second-order valence-electron chi connectivity index (χ2n) is 6.64. The van der Waals surface area contributed by atoms with Crippen LogP contribution in [0.1, 0.15) is 58.2 Å². The van der Waals surface area contributed by atoms with Crippen molar-refractivity contribution in [3.05, 3.63) is 11.7 Å². The quantitative estimate of drug-likeness (QED) is 0.807. The van der Waals surface area contributed by atoms with Gasteiger partial charge in [-0.25, -0.2) is 8.42 Å². The first-order valence-corrected chi connectivity index (χ1v) is 9.83. The van der Waals surface area contributed by atoms with Crippen LogP contribution in [0.2, 0.25) is 0 Å². The van der Waals surface area contributed by atoms with Gasteiger partial charge in [0.1, 0.15) is 11.0 Å². The van der Waals surface area contributed by atoms with Crippen LogP contribution in [-0.4, -0.2) is 35.8 Å². The summed E-state index contributed by atoms with van der Waals surface area (Å²) in [6.07, 6.45) is 4.59. The second kappa shape index (κ2) is 7.42. The van der Waals surface area contributed by atoms with Crippen LogP contribution in [0.15, 0.2) is 4.52 Å². The molecule has 1 N–H and O–H groups in total. The highest BCUT2D eigenvalue weighted by Gasteiger charge is 2.31. The minimum atomic E-state index is -3.67. The molecular formula is C15H25N3O4S. The van der Waals surface area contributed by atoms with Crippen molar-refractivity contribution in [2.75, 3.05) is 0 Å². The van der Waals surface area contributed by atoms with Crippen LogP contribution in [-0.2, 0) is 26.8 Å². The molecule has 23 heavy (non-hydrogen) atoms. The first-order valence-electron chi connectivity index (χ1n) is 8.11. The standard InChI is InChI=1S/C15H25N3O4S/c1-10(2)8-14-17-13(18-22-14)9-23(20,21)11(3)15(19)16-12-6-4-5-7-12/h10-12H,4-9H2,1-3H3,(H,16,19). The lowest BCUT2D eigenvalue weighted by molar-refractivity contribution is -0.121. The van der Waals surface area contributed by atoms with Crippen molar-refractivity contribution in [2.45, 2.75) is 69.9 Å². The van der Waals surface area contributed by atoms with E-state index in [-0.39, 0.29) is 17.6 Å². The van der Waals surface area contributed by atoms with Crippen LogP contribution in [0.25, 0.3) is 0 Å². The summed E-state index contributed by atoms with van der Waals surface area (Å²) in [5.41, 5.74) is 0. The highest BCUT2D eigenvalue weighted by molar-refractivity contribution is 7.92. The molecule has 1 unspecified atom stereocenters. The van der Waals surface area contributed by atoms with Crippen molar-refractivity contribution in [3.8, 4) is 0 Å². The van der Waals surface area contributed by atoms with E-state index in [1.54, 1.807) is 0 Å². The number of carbonyl (C=O) groups excluding carboxylic acids is 1. The van der Waals surface area contributed by atoms with Crippen LogP contribution >= 0.6 is 0 Å². The lowest BCUT2D eigenvalue weighted by Crippen LogP contribution is -2.42. The Balaban J connectivity index is 1.96. The van der Waals surface area contributed by atoms with Gasteiger partial charge in [-0.15, -0.1) is 0 Å². The monoisotopic (exact) mass is 343 g/mol. The highest BCUT2D eigenvalue weighted by Crippen LogP contribution is 2.18. The van der Waals surface area contributed by atoms with Gasteiger partial charge in [0.05, 0.1) is 0 Å². The molecule has 1 amide bonds. The van der Waals surface area contributed by atoms with Gasteiger partial charge < -0.3 is 9.84 Å². The first-order chi connectivity index (χ1) is 10.8. The van der Waals surface area contributed by atoms with Gasteiger partial charge in [-0.05, 0) is 25.7 Å². The number of sulfone groups is 1. The van der Waals surface area contributed by atoms with Gasteiger partial charge >= 0.3 is 0 Å². The van der Waals surface area contributed by atoms with E-state index in [2.05, 4.69) is 15.5 Å². The topological polar surface area (TPSA) is 102 Å². The molecule has 1 atom stereocenters. The van der Waals surface area contributed by atoms with E-state index in [9.17, 15) is 13.2 Å². The molecule has 0 aromatic carbocycles. The van der Waals surface area contributed by atoms with E-state index < -0.39 is 21.0 Å². The summed E-state index contributed by atoms with van der Waals surface area (Å²) in [6.45, 7) is 5.43. The minimum Gasteiger partial charge on any atom is -0.352 e. The number of amides is 1. The molecule has 1 aliphatic carbocycles. The number of carbonyl (C=O) groups is 1. The van der Waals surface area contributed by atoms with Gasteiger partial charge in [0, 0.05) is 12.5 Å². The number of hydrogen-bond acceptors (Lipinski definition) is 6. The number of nitrogens with zero attached hydrogens (tertiary/aromatic N) is 2. The molecule has 1 aromatic rings. The Morgan fingerprint density at radius 3 is 2.57 bits per heavy atom. The van der Waals surface area contributed by atoms with E-state index in [4.69, 9.17) is 4.52 Å². The molecule has 0 aliphatic heterocycles. The average molecular weight is 343 g/mol. The largest absolute Gasteiger partial charge is 0.352 e. The lowest BCUT2D eigenvalue weighted by Gasteiger charge is -2.16. The van der Waals surface area contributed by atoms with Crippen LogP contribution in [0.5, 0.6) is 0 Å². The molecule has 7 nitrogen and oxygen atoms in total. The van der Waals surface area contributed by atoms with Crippen molar-refractivity contribution in [3.63, 3.8) is 0 Å². The maximum absolute atomic E-state index is 12.4. The van der Waals surface area contributed by atoms with Gasteiger partial charge in [-0.1, -0.05) is 31.8 Å². The van der Waals surface area contributed by atoms with Crippen molar-refractivity contribution in [2.24, 2.45) is 5.92 Å². The first kappa shape index (κ1) is 17.9. The Labute approximate surface area is 137 Å². The van der Waals surface area contributed by atoms with Crippen molar-refractivity contribution in [1.29, 1.82) is 0 Å². The molecule has 1 aromatic heterocycles. The molecule has 1 heterocycles. The summed E-state index contributed by atoms with van der Waals surface area (Å²) in [4.78, 5) is 16.2. The summed E-state index contributed by atoms with van der Waals surface area (Å²) < 4.78 is 29.8. The molecule has 130 valence electrons. The maximum atomic E-state index is 12.4. The van der Waals surface area contributed by atoms with Crippen LogP contribution < -0.4 is 5.32 Å². The molecule has 8 heteroatoms. The SMILES string of the molecule is CC(C)Cc1nc(CS(=O)(=O)C(C)C(=O)NC2CCCC2)no1. The predicted molar refractivity (Wildman–Crippen MR) is 85.3 cm³/mol. The third kappa shape index (κ3) is 5.02. The zero-order valence-electron chi connectivity index (χ0n) is 13.9. The number of rotatable bonds is 7. The molecule has 1 aliphatic rings. The third-order valence-electron chi connectivity index (χ3n) is 4.03. The lowest BCUT2D eigenvalue weighted by atomic mass is 10.1. The van der Waals surface area contributed by atoms with Gasteiger partial charge in [0.2, 0.25) is 11.8 Å². The summed E-state index contributed by atoms with van der Waals surface area (Å²) >= 11 is 0. The molecule has 0 saturated heterocycles. The molecular weight excluding hydrogens is 318 g/mol. The summed E-state index contributed by atoms with van der Waals surface area (Å²) in [5, 5.41) is 5.41. The Morgan fingerprint density at radius 1 is 1.30 bits per heavy atom. The van der Waals surface area contributed by atoms with E-state index >= 15 is 0 Å². The summed E-state index contributed by atoms with van der Waals surface area (Å²) in [5.74, 6) is 0.0571. The van der Waals surface area contributed by atoms with Crippen LogP contribution in [0, 0.1) is 5.92 Å². The summed E-state index contributed by atoms with van der Waals surface area (Å²) in [7, 11) is -3.67. The van der Waals surface area contributed by atoms with Gasteiger partial charge in [0.15, 0.2) is 15.7 Å². The number of aromatic nitrogens is 2. The smallest absolute Gasteiger partial charge is 0.238 e. The van der Waals surface area contributed by atoms with Gasteiger partial charge in [0.25, 0.3) is 0 Å². The van der Waals surface area contributed by atoms with Crippen LogP contribution in [0.3, 0.4) is 0 Å². The minimum absolute atomic E-state index is 0.1000. The molecule has 0 spiro atoms. The Hall–Kier alpha value is -1.44. The van der Waals surface area contributed by atoms with Crippen LogP contribution in [0.4, 0.5) is 0 Å². The zero-order chi connectivity index (χ0) is 17.0. The molecule has 0 radical (unpaired) electrons. The number of hydrogen-bond donors (Lipinski definition) is 1. The van der Waals surface area contributed by atoms with Crippen molar-refractivity contribution in [1.82, 2.24) is 15.5 Å².